The summed E-state index contributed by atoms with van der Waals surface area (Å²) in [7, 11) is 5.30. The molecule has 8 unspecified atom stereocenters. The van der Waals surface area contributed by atoms with Gasteiger partial charge < -0.3 is 18.9 Å². The fourth-order valence-electron chi connectivity index (χ4n) is 7.47. The molecule has 0 heterocycles. The zero-order chi connectivity index (χ0) is 20.3. The molecule has 4 aliphatic rings. The zero-order valence-corrected chi connectivity index (χ0v) is 16.5. The first-order valence-electron chi connectivity index (χ1n) is 9.72. The van der Waals surface area contributed by atoms with Crippen LogP contribution < -0.4 is 0 Å². The number of fused-ring (bicyclic) bond motifs is 9. The summed E-state index contributed by atoms with van der Waals surface area (Å²) in [5.74, 6) is -3.82. The van der Waals surface area contributed by atoms with Crippen molar-refractivity contribution in [3.63, 3.8) is 0 Å². The minimum atomic E-state index is -0.557. The molecule has 4 aliphatic carbocycles. The Hall–Kier alpha value is -2.12. The minimum Gasteiger partial charge on any atom is -0.469 e. The maximum atomic E-state index is 12.5. The minimum absolute atomic E-state index is 0.0488. The summed E-state index contributed by atoms with van der Waals surface area (Å²) < 4.78 is 20.0. The van der Waals surface area contributed by atoms with Crippen LogP contribution in [0.5, 0.6) is 0 Å². The average molecular weight is 394 g/mol. The van der Waals surface area contributed by atoms with Crippen LogP contribution in [0.25, 0.3) is 0 Å². The summed E-state index contributed by atoms with van der Waals surface area (Å²) in [6.45, 7) is 0. The fourth-order valence-corrected chi connectivity index (χ4v) is 7.47. The third kappa shape index (κ3) is 2.29. The number of hydrogen-bond acceptors (Lipinski definition) is 8. The Morgan fingerprint density at radius 3 is 0.893 bits per heavy atom. The third-order valence-corrected chi connectivity index (χ3v) is 8.02. The summed E-state index contributed by atoms with van der Waals surface area (Å²) in [6, 6.07) is 0. The molecule has 0 aliphatic heterocycles. The lowest BCUT2D eigenvalue weighted by molar-refractivity contribution is -0.171. The fraction of sp³-hybridized carbons (Fsp3) is 0.800. The molecule has 4 saturated carbocycles. The van der Waals surface area contributed by atoms with Crippen LogP contribution in [0, 0.1) is 59.2 Å². The topological polar surface area (TPSA) is 105 Å². The van der Waals surface area contributed by atoms with E-state index in [1.807, 2.05) is 0 Å². The Kier molecular flexibility index (Phi) is 4.62. The van der Waals surface area contributed by atoms with Crippen LogP contribution >= 0.6 is 0 Å². The van der Waals surface area contributed by atoms with E-state index in [9.17, 15) is 19.2 Å². The molecule has 154 valence electrons. The smallest absolute Gasteiger partial charge is 0.309 e. The van der Waals surface area contributed by atoms with Gasteiger partial charge in [-0.2, -0.15) is 0 Å². The second-order valence-electron chi connectivity index (χ2n) is 8.48. The first-order chi connectivity index (χ1) is 13.4. The Morgan fingerprint density at radius 1 is 0.500 bits per heavy atom. The highest BCUT2D eigenvalue weighted by molar-refractivity contribution is 5.86. The molecule has 4 bridgehead atoms. The molecule has 8 nitrogen and oxygen atoms in total. The Morgan fingerprint density at radius 2 is 0.714 bits per heavy atom. The number of esters is 4. The van der Waals surface area contributed by atoms with E-state index in [4.69, 9.17) is 18.9 Å². The largest absolute Gasteiger partial charge is 0.469 e. The standard InChI is InChI=1S/C20H26O8/c1-25-17(21)13-7-5-8(14(13)18(22)26-2)12-10-6-9(11(7)12)15(19(23)27-3)16(10)20(24)28-4/h7-16H,5-6H2,1-4H3. The predicted octanol–water partition coefficient (Wildman–Crippen LogP) is 0.675. The Balaban J connectivity index is 1.73. The lowest BCUT2D eigenvalue weighted by Crippen LogP contribution is -2.51. The van der Waals surface area contributed by atoms with Gasteiger partial charge in [-0.3, -0.25) is 19.2 Å². The summed E-state index contributed by atoms with van der Waals surface area (Å²) in [4.78, 5) is 50.1. The van der Waals surface area contributed by atoms with E-state index in [-0.39, 0.29) is 35.5 Å². The number of rotatable bonds is 4. The monoisotopic (exact) mass is 394 g/mol. The summed E-state index contributed by atoms with van der Waals surface area (Å²) in [5.41, 5.74) is 0. The Bertz CT molecular complexity index is 601. The highest BCUT2D eigenvalue weighted by Crippen LogP contribution is 2.73. The molecule has 28 heavy (non-hydrogen) atoms. The van der Waals surface area contributed by atoms with Crippen LogP contribution in [0.4, 0.5) is 0 Å². The molecular formula is C20H26O8. The van der Waals surface area contributed by atoms with Crippen molar-refractivity contribution in [2.24, 2.45) is 59.2 Å². The molecule has 0 saturated heterocycles. The lowest BCUT2D eigenvalue weighted by Gasteiger charge is -2.44. The Labute approximate surface area is 163 Å². The van der Waals surface area contributed by atoms with Crippen molar-refractivity contribution in [1.29, 1.82) is 0 Å². The molecular weight excluding hydrogens is 368 g/mol. The normalized spacial score (nSPS) is 44.7. The van der Waals surface area contributed by atoms with Gasteiger partial charge in [-0.05, 0) is 48.3 Å². The number of hydrogen-bond donors (Lipinski definition) is 0. The first-order valence-corrected chi connectivity index (χ1v) is 9.72. The highest BCUT2D eigenvalue weighted by atomic mass is 16.5. The summed E-state index contributed by atoms with van der Waals surface area (Å²) >= 11 is 0. The molecule has 0 N–H and O–H groups in total. The van der Waals surface area contributed by atoms with Gasteiger partial charge in [-0.25, -0.2) is 0 Å². The SMILES string of the molecule is COC(=O)C1C2CC(C1C(=O)OC)C1C3CC(C(C(=O)OC)C3C(=O)OC)C21. The molecule has 0 radical (unpaired) electrons. The number of carbonyl (C=O) groups excluding carboxylic acids is 4. The number of methoxy groups -OCH3 is 4. The van der Waals surface area contributed by atoms with E-state index in [1.54, 1.807) is 0 Å². The van der Waals surface area contributed by atoms with Crippen LogP contribution in [-0.2, 0) is 38.1 Å². The van der Waals surface area contributed by atoms with E-state index in [0.717, 1.165) is 0 Å². The van der Waals surface area contributed by atoms with Crippen molar-refractivity contribution < 1.29 is 38.1 Å². The van der Waals surface area contributed by atoms with Gasteiger partial charge in [0.25, 0.3) is 0 Å². The van der Waals surface area contributed by atoms with Gasteiger partial charge in [-0.15, -0.1) is 0 Å². The van der Waals surface area contributed by atoms with Crippen molar-refractivity contribution in [3.8, 4) is 0 Å². The summed E-state index contributed by atoms with van der Waals surface area (Å²) in [6.07, 6.45) is 1.42. The molecule has 0 aromatic rings. The van der Waals surface area contributed by atoms with Crippen molar-refractivity contribution in [1.82, 2.24) is 0 Å². The average Bonchev–Trinajstić information content (AvgIpc) is 3.46. The third-order valence-electron chi connectivity index (χ3n) is 8.02. The van der Waals surface area contributed by atoms with Crippen molar-refractivity contribution >= 4 is 23.9 Å². The van der Waals surface area contributed by atoms with Gasteiger partial charge in [0.1, 0.15) is 0 Å². The number of carbonyl (C=O) groups is 4. The van der Waals surface area contributed by atoms with Gasteiger partial charge in [0.15, 0.2) is 0 Å². The molecule has 4 fully saturated rings. The van der Waals surface area contributed by atoms with E-state index in [2.05, 4.69) is 0 Å². The molecule has 0 aromatic heterocycles. The first kappa shape index (κ1) is 19.2. The second kappa shape index (κ2) is 6.74. The van der Waals surface area contributed by atoms with E-state index in [1.165, 1.54) is 28.4 Å². The predicted molar refractivity (Wildman–Crippen MR) is 92.2 cm³/mol. The maximum absolute atomic E-state index is 12.5. The molecule has 0 aromatic carbocycles. The molecule has 0 amide bonds. The summed E-state index contributed by atoms with van der Waals surface area (Å²) in [5, 5.41) is 0. The quantitative estimate of drug-likeness (QED) is 0.389. The maximum Gasteiger partial charge on any atom is 0.309 e. The van der Waals surface area contributed by atoms with Gasteiger partial charge >= 0.3 is 23.9 Å². The van der Waals surface area contributed by atoms with Gasteiger partial charge in [0.2, 0.25) is 0 Å². The van der Waals surface area contributed by atoms with Crippen LogP contribution in [-0.4, -0.2) is 52.3 Å². The van der Waals surface area contributed by atoms with Crippen molar-refractivity contribution in [2.75, 3.05) is 28.4 Å². The number of ether oxygens (including phenoxy) is 4. The van der Waals surface area contributed by atoms with Crippen LogP contribution in [0.3, 0.4) is 0 Å². The van der Waals surface area contributed by atoms with Gasteiger partial charge in [0, 0.05) is 0 Å². The van der Waals surface area contributed by atoms with Gasteiger partial charge in [-0.1, -0.05) is 0 Å². The van der Waals surface area contributed by atoms with Crippen LogP contribution in [0.1, 0.15) is 12.8 Å². The zero-order valence-electron chi connectivity index (χ0n) is 16.5. The van der Waals surface area contributed by atoms with E-state index < -0.39 is 47.5 Å². The van der Waals surface area contributed by atoms with Gasteiger partial charge in [0.05, 0.1) is 52.1 Å². The van der Waals surface area contributed by atoms with E-state index in [0.29, 0.717) is 12.8 Å². The van der Waals surface area contributed by atoms with Crippen molar-refractivity contribution in [2.45, 2.75) is 12.8 Å². The molecule has 4 rings (SSSR count). The van der Waals surface area contributed by atoms with Crippen LogP contribution in [0.2, 0.25) is 0 Å². The highest BCUT2D eigenvalue weighted by Gasteiger charge is 2.74. The van der Waals surface area contributed by atoms with Crippen molar-refractivity contribution in [3.05, 3.63) is 0 Å². The molecule has 0 spiro atoms. The lowest BCUT2D eigenvalue weighted by atomic mass is 9.58. The van der Waals surface area contributed by atoms with Crippen LogP contribution in [0.15, 0.2) is 0 Å². The molecule has 8 atom stereocenters. The van der Waals surface area contributed by atoms with E-state index >= 15 is 0 Å². The second-order valence-corrected chi connectivity index (χ2v) is 8.48. The molecule has 8 heteroatoms.